The summed E-state index contributed by atoms with van der Waals surface area (Å²) in [7, 11) is 0. The molecule has 0 amide bonds. The lowest BCUT2D eigenvalue weighted by Gasteiger charge is -2.13. The van der Waals surface area contributed by atoms with Gasteiger partial charge in [-0.15, -0.1) is 0 Å². The second-order valence-corrected chi connectivity index (χ2v) is 6.81. The molecule has 128 valence electrons. The standard InChI is InChI=1S/C20H22N4O/c1-12-5-8-15(9-6-12)19-21-20(25-24-19)18-11-17(22-23-18)16-10-13(2)4-7-14(16)3/h4-10,17-18,22-23H,11H2,1-3H3. The Kier molecular flexibility index (Phi) is 4.11. The maximum atomic E-state index is 5.51. The molecular weight excluding hydrogens is 312 g/mol. The summed E-state index contributed by atoms with van der Waals surface area (Å²) in [5, 5.41) is 4.14. The van der Waals surface area contributed by atoms with Gasteiger partial charge in [0.1, 0.15) is 6.04 Å². The van der Waals surface area contributed by atoms with Crippen molar-refractivity contribution in [3.8, 4) is 11.4 Å². The van der Waals surface area contributed by atoms with Crippen LogP contribution in [0, 0.1) is 20.8 Å². The Morgan fingerprint density at radius 1 is 0.920 bits per heavy atom. The molecule has 2 aromatic carbocycles. The fraction of sp³-hybridized carbons (Fsp3) is 0.300. The lowest BCUT2D eigenvalue weighted by atomic mass is 9.96. The van der Waals surface area contributed by atoms with E-state index in [2.05, 4.69) is 72.1 Å². The number of nitrogens with zero attached hydrogens (tertiary/aromatic N) is 2. The number of benzene rings is 2. The van der Waals surface area contributed by atoms with Gasteiger partial charge < -0.3 is 4.52 Å². The van der Waals surface area contributed by atoms with Crippen LogP contribution < -0.4 is 10.9 Å². The molecule has 25 heavy (non-hydrogen) atoms. The Morgan fingerprint density at radius 3 is 2.44 bits per heavy atom. The van der Waals surface area contributed by atoms with Gasteiger partial charge >= 0.3 is 0 Å². The van der Waals surface area contributed by atoms with Gasteiger partial charge in [-0.25, -0.2) is 10.9 Å². The maximum Gasteiger partial charge on any atom is 0.245 e. The van der Waals surface area contributed by atoms with Gasteiger partial charge in [-0.3, -0.25) is 0 Å². The minimum absolute atomic E-state index is 0.0108. The molecule has 1 aromatic heterocycles. The van der Waals surface area contributed by atoms with E-state index in [1.807, 2.05) is 12.1 Å². The van der Waals surface area contributed by atoms with Crippen LogP contribution in [0.25, 0.3) is 11.4 Å². The predicted molar refractivity (Wildman–Crippen MR) is 96.8 cm³/mol. The van der Waals surface area contributed by atoms with Gasteiger partial charge in [-0.05, 0) is 38.3 Å². The van der Waals surface area contributed by atoms with Crippen LogP contribution in [-0.2, 0) is 0 Å². The smallest absolute Gasteiger partial charge is 0.245 e. The number of aryl methyl sites for hydroxylation is 3. The predicted octanol–water partition coefficient (Wildman–Crippen LogP) is 3.94. The molecule has 1 saturated heterocycles. The van der Waals surface area contributed by atoms with Crippen molar-refractivity contribution in [3.05, 3.63) is 70.6 Å². The van der Waals surface area contributed by atoms with E-state index in [1.54, 1.807) is 0 Å². The lowest BCUT2D eigenvalue weighted by Crippen LogP contribution is -2.27. The average molecular weight is 334 g/mol. The number of hydrogen-bond donors (Lipinski definition) is 2. The molecule has 2 N–H and O–H groups in total. The fourth-order valence-corrected chi connectivity index (χ4v) is 3.25. The van der Waals surface area contributed by atoms with Gasteiger partial charge in [0.2, 0.25) is 11.7 Å². The van der Waals surface area contributed by atoms with E-state index in [0.717, 1.165) is 12.0 Å². The van der Waals surface area contributed by atoms with Crippen LogP contribution in [0.15, 0.2) is 47.0 Å². The van der Waals surface area contributed by atoms with Gasteiger partial charge in [0.25, 0.3) is 0 Å². The first kappa shape index (κ1) is 16.0. The van der Waals surface area contributed by atoms with Gasteiger partial charge in [0, 0.05) is 11.6 Å². The first-order valence-electron chi connectivity index (χ1n) is 8.59. The van der Waals surface area contributed by atoms with E-state index in [4.69, 9.17) is 4.52 Å². The number of aromatic nitrogens is 2. The van der Waals surface area contributed by atoms with Gasteiger partial charge in [0.05, 0.1) is 0 Å². The van der Waals surface area contributed by atoms with Crippen molar-refractivity contribution in [1.82, 2.24) is 21.0 Å². The Bertz CT molecular complexity index is 885. The van der Waals surface area contributed by atoms with Crippen LogP contribution in [0.3, 0.4) is 0 Å². The zero-order chi connectivity index (χ0) is 17.4. The van der Waals surface area contributed by atoms with E-state index >= 15 is 0 Å². The molecule has 0 spiro atoms. The van der Waals surface area contributed by atoms with Crippen molar-refractivity contribution in [3.63, 3.8) is 0 Å². The molecule has 0 bridgehead atoms. The van der Waals surface area contributed by atoms with E-state index in [1.165, 1.54) is 22.3 Å². The molecule has 1 fully saturated rings. The first-order valence-corrected chi connectivity index (χ1v) is 8.59. The van der Waals surface area contributed by atoms with E-state index in [-0.39, 0.29) is 12.1 Å². The first-order chi connectivity index (χ1) is 12.1. The molecule has 5 heteroatoms. The van der Waals surface area contributed by atoms with Crippen molar-refractivity contribution >= 4 is 0 Å². The Balaban J connectivity index is 1.52. The van der Waals surface area contributed by atoms with E-state index in [9.17, 15) is 0 Å². The SMILES string of the molecule is Cc1ccc(-c2noc(C3CC(c4cc(C)ccc4C)NN3)n2)cc1. The second-order valence-electron chi connectivity index (χ2n) is 6.81. The third-order valence-electron chi connectivity index (χ3n) is 4.76. The lowest BCUT2D eigenvalue weighted by molar-refractivity contribution is 0.340. The summed E-state index contributed by atoms with van der Waals surface area (Å²) in [6.45, 7) is 6.33. The molecule has 4 rings (SSSR count). The molecule has 3 aromatic rings. The number of rotatable bonds is 3. The van der Waals surface area contributed by atoms with E-state index < -0.39 is 0 Å². The van der Waals surface area contributed by atoms with Gasteiger partial charge in [0.15, 0.2) is 0 Å². The summed E-state index contributed by atoms with van der Waals surface area (Å²) >= 11 is 0. The summed E-state index contributed by atoms with van der Waals surface area (Å²) in [5.41, 5.74) is 12.7. The zero-order valence-corrected chi connectivity index (χ0v) is 14.7. The normalized spacial score (nSPS) is 20.1. The van der Waals surface area contributed by atoms with Crippen molar-refractivity contribution in [2.45, 2.75) is 39.3 Å². The molecule has 1 aliphatic rings. The number of nitrogens with one attached hydrogen (secondary N) is 2. The summed E-state index contributed by atoms with van der Waals surface area (Å²) in [6.07, 6.45) is 0.875. The highest BCUT2D eigenvalue weighted by Gasteiger charge is 2.31. The third kappa shape index (κ3) is 3.21. The van der Waals surface area contributed by atoms with Crippen LogP contribution in [0.2, 0.25) is 0 Å². The number of hydrogen-bond acceptors (Lipinski definition) is 5. The molecule has 0 radical (unpaired) electrons. The van der Waals surface area contributed by atoms with E-state index in [0.29, 0.717) is 11.7 Å². The second kappa shape index (κ2) is 6.43. The van der Waals surface area contributed by atoms with Crippen LogP contribution in [-0.4, -0.2) is 10.1 Å². The summed E-state index contributed by atoms with van der Waals surface area (Å²) < 4.78 is 5.51. The highest BCUT2D eigenvalue weighted by molar-refractivity contribution is 5.54. The summed E-state index contributed by atoms with van der Waals surface area (Å²) in [6, 6.07) is 14.9. The third-order valence-corrected chi connectivity index (χ3v) is 4.76. The molecule has 0 aliphatic carbocycles. The zero-order valence-electron chi connectivity index (χ0n) is 14.7. The summed E-state index contributed by atoms with van der Waals surface area (Å²) in [4.78, 5) is 4.58. The molecule has 0 saturated carbocycles. The minimum Gasteiger partial charge on any atom is -0.337 e. The molecule has 5 nitrogen and oxygen atoms in total. The quantitative estimate of drug-likeness (QED) is 0.759. The number of hydrazine groups is 1. The van der Waals surface area contributed by atoms with Crippen LogP contribution >= 0.6 is 0 Å². The highest BCUT2D eigenvalue weighted by atomic mass is 16.5. The minimum atomic E-state index is 0.0108. The fourth-order valence-electron chi connectivity index (χ4n) is 3.25. The molecule has 2 heterocycles. The molecular formula is C20H22N4O. The monoisotopic (exact) mass is 334 g/mol. The Labute approximate surface area is 147 Å². The largest absolute Gasteiger partial charge is 0.337 e. The van der Waals surface area contributed by atoms with Crippen molar-refractivity contribution in [1.29, 1.82) is 0 Å². The van der Waals surface area contributed by atoms with Gasteiger partial charge in [-0.2, -0.15) is 4.98 Å². The molecule has 1 aliphatic heterocycles. The average Bonchev–Trinajstić information content (AvgIpc) is 3.27. The van der Waals surface area contributed by atoms with Gasteiger partial charge in [-0.1, -0.05) is 58.7 Å². The van der Waals surface area contributed by atoms with Crippen LogP contribution in [0.4, 0.5) is 0 Å². The van der Waals surface area contributed by atoms with Crippen molar-refractivity contribution in [2.75, 3.05) is 0 Å². The Hall–Kier alpha value is -2.50. The maximum absolute atomic E-state index is 5.51. The Morgan fingerprint density at radius 2 is 1.64 bits per heavy atom. The topological polar surface area (TPSA) is 63.0 Å². The van der Waals surface area contributed by atoms with Crippen molar-refractivity contribution in [2.24, 2.45) is 0 Å². The summed E-state index contributed by atoms with van der Waals surface area (Å²) in [5.74, 6) is 1.25. The van der Waals surface area contributed by atoms with Crippen molar-refractivity contribution < 1.29 is 4.52 Å². The van der Waals surface area contributed by atoms with Crippen LogP contribution in [0.1, 0.15) is 46.6 Å². The molecule has 2 atom stereocenters. The highest BCUT2D eigenvalue weighted by Crippen LogP contribution is 2.32. The molecule has 2 unspecified atom stereocenters. The van der Waals surface area contributed by atoms with Crippen LogP contribution in [0.5, 0.6) is 0 Å².